The lowest BCUT2D eigenvalue weighted by Crippen LogP contribution is -2.43. The van der Waals surface area contributed by atoms with Crippen molar-refractivity contribution in [2.24, 2.45) is 5.92 Å². The number of rotatable bonds is 9. The molecule has 3 rings (SSSR count). The number of nitrogens with one attached hydrogen (secondary N) is 1. The summed E-state index contributed by atoms with van der Waals surface area (Å²) in [5.74, 6) is 0.972. The first-order valence-electron chi connectivity index (χ1n) is 10.4. The minimum atomic E-state index is -3.53. The molecule has 0 atom stereocenters. The van der Waals surface area contributed by atoms with Gasteiger partial charge in [0.25, 0.3) is 0 Å². The standard InChI is InChI=1S/C22H24Cl4N2O3S2/c23-17-5-4-16(21(26)12-17)14-33(30,31)28-9-6-15(7-10-28)22(29)27-8-11-32-13-18-19(24)2-1-3-20(18)25/h1-5,12,15H,6-11,13-14H2,(H,27,29). The smallest absolute Gasteiger partial charge is 0.223 e. The molecule has 0 saturated carbocycles. The van der Waals surface area contributed by atoms with E-state index in [1.165, 1.54) is 10.4 Å². The number of carbonyl (C=O) groups is 1. The highest BCUT2D eigenvalue weighted by Gasteiger charge is 2.31. The summed E-state index contributed by atoms with van der Waals surface area (Å²) in [7, 11) is -3.53. The van der Waals surface area contributed by atoms with Crippen LogP contribution in [0.15, 0.2) is 36.4 Å². The highest BCUT2D eigenvalue weighted by atomic mass is 35.5. The second-order valence-corrected chi connectivity index (χ2v) is 12.4. The summed E-state index contributed by atoms with van der Waals surface area (Å²) >= 11 is 26.0. The van der Waals surface area contributed by atoms with Crippen LogP contribution in [0, 0.1) is 5.92 Å². The number of thioether (sulfide) groups is 1. The van der Waals surface area contributed by atoms with Crippen molar-refractivity contribution in [2.75, 3.05) is 25.4 Å². The number of benzene rings is 2. The molecule has 0 bridgehead atoms. The molecule has 0 spiro atoms. The maximum atomic E-state index is 12.8. The van der Waals surface area contributed by atoms with Crippen LogP contribution in [0.3, 0.4) is 0 Å². The molecule has 0 aromatic heterocycles. The lowest BCUT2D eigenvalue weighted by molar-refractivity contribution is -0.125. The molecule has 2 aromatic rings. The Labute approximate surface area is 219 Å². The predicted octanol–water partition coefficient (Wildman–Crippen LogP) is 5.89. The van der Waals surface area contributed by atoms with Crippen LogP contribution in [0.5, 0.6) is 0 Å². The molecule has 0 aliphatic carbocycles. The van der Waals surface area contributed by atoms with Crippen molar-refractivity contribution in [1.29, 1.82) is 0 Å². The van der Waals surface area contributed by atoms with Crippen molar-refractivity contribution >= 4 is 74.1 Å². The molecule has 1 fully saturated rings. The summed E-state index contributed by atoms with van der Waals surface area (Å²) < 4.78 is 27.0. The van der Waals surface area contributed by atoms with Gasteiger partial charge in [-0.05, 0) is 48.2 Å². The first kappa shape index (κ1) is 26.9. The minimum Gasteiger partial charge on any atom is -0.355 e. The van der Waals surface area contributed by atoms with Gasteiger partial charge in [-0.2, -0.15) is 11.8 Å². The summed E-state index contributed by atoms with van der Waals surface area (Å²) in [6, 6.07) is 10.2. The van der Waals surface area contributed by atoms with E-state index in [-0.39, 0.29) is 17.6 Å². The predicted molar refractivity (Wildman–Crippen MR) is 139 cm³/mol. The Hall–Kier alpha value is -0.670. The SMILES string of the molecule is O=C(NCCSCc1c(Cl)cccc1Cl)C1CCN(S(=O)(=O)Cc2ccc(Cl)cc2Cl)CC1. The number of sulfonamides is 1. The van der Waals surface area contributed by atoms with Crippen molar-refractivity contribution in [2.45, 2.75) is 24.3 Å². The molecule has 0 unspecified atom stereocenters. The molecule has 5 nitrogen and oxygen atoms in total. The Kier molecular flexibility index (Phi) is 10.1. The van der Waals surface area contributed by atoms with Gasteiger partial charge in [-0.1, -0.05) is 58.5 Å². The van der Waals surface area contributed by atoms with Gasteiger partial charge in [-0.3, -0.25) is 4.79 Å². The average Bonchev–Trinajstić information content (AvgIpc) is 2.77. The number of carbonyl (C=O) groups excluding carboxylic acids is 1. The van der Waals surface area contributed by atoms with Crippen molar-refractivity contribution in [3.63, 3.8) is 0 Å². The zero-order valence-electron chi connectivity index (χ0n) is 17.7. The minimum absolute atomic E-state index is 0.0378. The van der Waals surface area contributed by atoms with Crippen LogP contribution in [0.25, 0.3) is 0 Å². The molecule has 180 valence electrons. The fourth-order valence-electron chi connectivity index (χ4n) is 3.56. The Morgan fingerprint density at radius 2 is 1.70 bits per heavy atom. The van der Waals surface area contributed by atoms with E-state index in [2.05, 4.69) is 5.32 Å². The van der Waals surface area contributed by atoms with E-state index in [0.717, 1.165) is 11.3 Å². The van der Waals surface area contributed by atoms with Gasteiger partial charge in [0.2, 0.25) is 15.9 Å². The van der Waals surface area contributed by atoms with Gasteiger partial charge in [0, 0.05) is 57.1 Å². The molecule has 2 aromatic carbocycles. The third-order valence-corrected chi connectivity index (χ3v) is 9.53. The normalized spacial score (nSPS) is 15.5. The van der Waals surface area contributed by atoms with E-state index in [9.17, 15) is 13.2 Å². The van der Waals surface area contributed by atoms with E-state index in [4.69, 9.17) is 46.4 Å². The second kappa shape index (κ2) is 12.3. The van der Waals surface area contributed by atoms with Crippen LogP contribution < -0.4 is 5.32 Å². The summed E-state index contributed by atoms with van der Waals surface area (Å²) in [4.78, 5) is 12.5. The molecular weight excluding hydrogens is 546 g/mol. The second-order valence-electron chi connectivity index (χ2n) is 7.71. The highest BCUT2D eigenvalue weighted by molar-refractivity contribution is 7.98. The van der Waals surface area contributed by atoms with Gasteiger partial charge in [-0.15, -0.1) is 0 Å². The first-order chi connectivity index (χ1) is 15.7. The molecule has 1 saturated heterocycles. The van der Waals surface area contributed by atoms with Crippen molar-refractivity contribution in [3.8, 4) is 0 Å². The zero-order valence-corrected chi connectivity index (χ0v) is 22.4. The van der Waals surface area contributed by atoms with Gasteiger partial charge >= 0.3 is 0 Å². The number of hydrogen-bond acceptors (Lipinski definition) is 4. The molecular formula is C22H24Cl4N2O3S2. The van der Waals surface area contributed by atoms with Gasteiger partial charge < -0.3 is 5.32 Å². The fourth-order valence-corrected chi connectivity index (χ4v) is 7.30. The van der Waals surface area contributed by atoms with Gasteiger partial charge in [0.05, 0.1) is 5.75 Å². The number of piperidine rings is 1. The highest BCUT2D eigenvalue weighted by Crippen LogP contribution is 2.28. The van der Waals surface area contributed by atoms with E-state index in [0.29, 0.717) is 63.9 Å². The summed E-state index contributed by atoms with van der Waals surface area (Å²) in [6.07, 6.45) is 0.976. The monoisotopic (exact) mass is 568 g/mol. The molecule has 11 heteroatoms. The van der Waals surface area contributed by atoms with E-state index in [1.54, 1.807) is 23.9 Å². The van der Waals surface area contributed by atoms with Crippen LogP contribution in [0.1, 0.15) is 24.0 Å². The molecule has 0 radical (unpaired) electrons. The molecule has 1 aliphatic rings. The number of amides is 1. The van der Waals surface area contributed by atoms with Gasteiger partial charge in [-0.25, -0.2) is 12.7 Å². The fraction of sp³-hybridized carbons (Fsp3) is 0.409. The molecule has 1 N–H and O–H groups in total. The van der Waals surface area contributed by atoms with E-state index in [1.807, 2.05) is 18.2 Å². The van der Waals surface area contributed by atoms with Crippen molar-refractivity contribution < 1.29 is 13.2 Å². The summed E-state index contributed by atoms with van der Waals surface area (Å²) in [5, 5.41) is 5.01. The zero-order chi connectivity index (χ0) is 24.0. The molecule has 1 heterocycles. The number of hydrogen-bond donors (Lipinski definition) is 1. The Bertz CT molecular complexity index is 1070. The first-order valence-corrected chi connectivity index (χ1v) is 14.6. The van der Waals surface area contributed by atoms with Crippen LogP contribution in [-0.2, 0) is 26.3 Å². The Morgan fingerprint density at radius 1 is 1.03 bits per heavy atom. The third kappa shape index (κ3) is 7.66. The van der Waals surface area contributed by atoms with Gasteiger partial charge in [0.15, 0.2) is 0 Å². The molecule has 1 amide bonds. The number of halogens is 4. The van der Waals surface area contributed by atoms with Crippen molar-refractivity contribution in [1.82, 2.24) is 9.62 Å². The summed E-state index contributed by atoms with van der Waals surface area (Å²) in [6.45, 7) is 1.15. The maximum absolute atomic E-state index is 12.8. The van der Waals surface area contributed by atoms with Crippen LogP contribution in [-0.4, -0.2) is 44.0 Å². The van der Waals surface area contributed by atoms with Crippen LogP contribution in [0.4, 0.5) is 0 Å². The van der Waals surface area contributed by atoms with Gasteiger partial charge in [0.1, 0.15) is 0 Å². The quantitative estimate of drug-likeness (QED) is 0.382. The lowest BCUT2D eigenvalue weighted by atomic mass is 9.97. The Morgan fingerprint density at radius 3 is 2.33 bits per heavy atom. The van der Waals surface area contributed by atoms with E-state index >= 15 is 0 Å². The topological polar surface area (TPSA) is 66.5 Å². The van der Waals surface area contributed by atoms with E-state index < -0.39 is 10.0 Å². The largest absolute Gasteiger partial charge is 0.355 e. The maximum Gasteiger partial charge on any atom is 0.223 e. The molecule has 1 aliphatic heterocycles. The third-order valence-electron chi connectivity index (χ3n) is 5.42. The summed E-state index contributed by atoms with van der Waals surface area (Å²) in [5.41, 5.74) is 1.40. The lowest BCUT2D eigenvalue weighted by Gasteiger charge is -2.30. The van der Waals surface area contributed by atoms with Crippen LogP contribution in [0.2, 0.25) is 20.1 Å². The average molecular weight is 570 g/mol. The van der Waals surface area contributed by atoms with Crippen LogP contribution >= 0.6 is 58.2 Å². The molecule has 33 heavy (non-hydrogen) atoms. The Balaban J connectivity index is 1.40. The van der Waals surface area contributed by atoms with Crippen molar-refractivity contribution in [3.05, 3.63) is 67.6 Å². The number of nitrogens with zero attached hydrogens (tertiary/aromatic N) is 1.